The molecule has 0 N–H and O–H groups in total. The Labute approximate surface area is 75.1 Å². The Morgan fingerprint density at radius 3 is 2.91 bits per heavy atom. The summed E-state index contributed by atoms with van der Waals surface area (Å²) in [6.45, 7) is 0. The summed E-state index contributed by atoms with van der Waals surface area (Å²) in [5.74, 6) is 0. The summed E-state index contributed by atoms with van der Waals surface area (Å²) in [5.41, 5.74) is 2.80. The van der Waals surface area contributed by atoms with Gasteiger partial charge in [0.1, 0.15) is 0 Å². The average Bonchev–Trinajstić information content (AvgIpc) is 2.30. The highest BCUT2D eigenvalue weighted by Crippen LogP contribution is 2.32. The Bertz CT molecular complexity index is 272. The Hall–Kier alpha value is -0.500. The fourth-order valence-electron chi connectivity index (χ4n) is 1.50. The quantitative estimate of drug-likeness (QED) is 0.471. The van der Waals surface area contributed by atoms with Crippen molar-refractivity contribution < 1.29 is 0 Å². The second kappa shape index (κ2) is 2.52. The molecule has 1 aliphatic heterocycles. The van der Waals surface area contributed by atoms with E-state index in [1.807, 2.05) is 0 Å². The number of hydrogen-bond donors (Lipinski definition) is 0. The van der Waals surface area contributed by atoms with Crippen LogP contribution in [0.5, 0.6) is 0 Å². The first-order valence-corrected chi connectivity index (χ1v) is 4.65. The fourth-order valence-corrected chi connectivity index (χ4v) is 2.07. The molecule has 1 nitrogen and oxygen atoms in total. The van der Waals surface area contributed by atoms with E-state index in [0.29, 0.717) is 4.95 Å². The van der Waals surface area contributed by atoms with Crippen molar-refractivity contribution in [3.05, 3.63) is 29.8 Å². The van der Waals surface area contributed by atoms with Gasteiger partial charge in [0.15, 0.2) is 0 Å². The van der Waals surface area contributed by atoms with Gasteiger partial charge < -0.3 is 4.90 Å². The second-order valence-corrected chi connectivity index (χ2v) is 3.94. The zero-order valence-electron chi connectivity index (χ0n) is 6.42. The van der Waals surface area contributed by atoms with Crippen molar-refractivity contribution in [3.63, 3.8) is 0 Å². The van der Waals surface area contributed by atoms with Gasteiger partial charge in [0.05, 0.1) is 4.95 Å². The van der Waals surface area contributed by atoms with Gasteiger partial charge in [-0.3, -0.25) is 0 Å². The molecule has 2 heteroatoms. The van der Waals surface area contributed by atoms with Crippen LogP contribution >= 0.6 is 15.9 Å². The van der Waals surface area contributed by atoms with Crippen molar-refractivity contribution in [1.82, 2.24) is 0 Å². The number of fused-ring (bicyclic) bond motifs is 1. The first-order chi connectivity index (χ1) is 5.29. The van der Waals surface area contributed by atoms with E-state index in [2.05, 4.69) is 52.1 Å². The molecule has 1 aliphatic rings. The van der Waals surface area contributed by atoms with E-state index >= 15 is 0 Å². The van der Waals surface area contributed by atoms with Crippen LogP contribution < -0.4 is 4.90 Å². The SMILES string of the molecule is CN1c2ccccc2CC1Br. The molecule has 0 aliphatic carbocycles. The smallest absolute Gasteiger partial charge is 0.0883 e. The normalized spacial score (nSPS) is 22.0. The third-order valence-electron chi connectivity index (χ3n) is 2.18. The summed E-state index contributed by atoms with van der Waals surface area (Å²) in [7, 11) is 2.12. The first kappa shape index (κ1) is 7.17. The van der Waals surface area contributed by atoms with E-state index in [9.17, 15) is 0 Å². The molecule has 58 valence electrons. The zero-order chi connectivity index (χ0) is 7.84. The molecular formula is C9H10BrN. The number of anilines is 1. The molecule has 0 amide bonds. The van der Waals surface area contributed by atoms with E-state index in [1.54, 1.807) is 0 Å². The predicted octanol–water partition coefficient (Wildman–Crippen LogP) is 2.40. The van der Waals surface area contributed by atoms with E-state index in [1.165, 1.54) is 11.3 Å². The molecule has 2 rings (SSSR count). The maximum Gasteiger partial charge on any atom is 0.0883 e. The van der Waals surface area contributed by atoms with Gasteiger partial charge in [0.2, 0.25) is 0 Å². The van der Waals surface area contributed by atoms with Gasteiger partial charge in [0.25, 0.3) is 0 Å². The van der Waals surface area contributed by atoms with Gasteiger partial charge in [-0.05, 0) is 11.6 Å². The number of para-hydroxylation sites is 1. The Balaban J connectivity index is 2.47. The summed E-state index contributed by atoms with van der Waals surface area (Å²) in [6.07, 6.45) is 1.12. The molecule has 0 fully saturated rings. The van der Waals surface area contributed by atoms with Crippen molar-refractivity contribution in [1.29, 1.82) is 0 Å². The van der Waals surface area contributed by atoms with Crippen molar-refractivity contribution >= 4 is 21.6 Å². The molecule has 1 heterocycles. The van der Waals surface area contributed by atoms with Crippen molar-refractivity contribution in [2.75, 3.05) is 11.9 Å². The maximum absolute atomic E-state index is 3.61. The van der Waals surface area contributed by atoms with Gasteiger partial charge in [0, 0.05) is 19.2 Å². The number of rotatable bonds is 0. The monoisotopic (exact) mass is 211 g/mol. The van der Waals surface area contributed by atoms with Crippen LogP contribution in [0, 0.1) is 0 Å². The molecule has 11 heavy (non-hydrogen) atoms. The summed E-state index contributed by atoms with van der Waals surface area (Å²) >= 11 is 3.61. The second-order valence-electron chi connectivity index (χ2n) is 2.88. The van der Waals surface area contributed by atoms with Crippen molar-refractivity contribution in [2.24, 2.45) is 0 Å². The highest BCUT2D eigenvalue weighted by atomic mass is 79.9. The zero-order valence-corrected chi connectivity index (χ0v) is 8.01. The van der Waals surface area contributed by atoms with Gasteiger partial charge in [-0.1, -0.05) is 34.1 Å². The van der Waals surface area contributed by atoms with Crippen LogP contribution in [0.4, 0.5) is 5.69 Å². The number of nitrogens with zero attached hydrogens (tertiary/aromatic N) is 1. The predicted molar refractivity (Wildman–Crippen MR) is 51.3 cm³/mol. The number of halogens is 1. The van der Waals surface area contributed by atoms with Gasteiger partial charge in [-0.2, -0.15) is 0 Å². The lowest BCUT2D eigenvalue weighted by molar-refractivity contribution is 0.906. The fraction of sp³-hybridized carbons (Fsp3) is 0.333. The molecule has 0 radical (unpaired) electrons. The minimum atomic E-state index is 0.486. The van der Waals surface area contributed by atoms with E-state index in [4.69, 9.17) is 0 Å². The van der Waals surface area contributed by atoms with Crippen LogP contribution in [-0.2, 0) is 6.42 Å². The lowest BCUT2D eigenvalue weighted by atomic mass is 10.2. The molecular weight excluding hydrogens is 202 g/mol. The summed E-state index contributed by atoms with van der Waals surface area (Å²) < 4.78 is 0. The maximum atomic E-state index is 3.61. The van der Waals surface area contributed by atoms with Crippen LogP contribution in [0.3, 0.4) is 0 Å². The van der Waals surface area contributed by atoms with Crippen LogP contribution in [0.2, 0.25) is 0 Å². The van der Waals surface area contributed by atoms with Crippen molar-refractivity contribution in [2.45, 2.75) is 11.4 Å². The lowest BCUT2D eigenvalue weighted by Crippen LogP contribution is -2.20. The number of likely N-dealkylation sites (N-methyl/N-ethyl adjacent to an activating group) is 1. The van der Waals surface area contributed by atoms with E-state index < -0.39 is 0 Å². The van der Waals surface area contributed by atoms with Crippen LogP contribution in [0.15, 0.2) is 24.3 Å². The first-order valence-electron chi connectivity index (χ1n) is 3.74. The highest BCUT2D eigenvalue weighted by Gasteiger charge is 2.22. The van der Waals surface area contributed by atoms with Crippen LogP contribution in [0.1, 0.15) is 5.56 Å². The Morgan fingerprint density at radius 2 is 2.18 bits per heavy atom. The minimum absolute atomic E-state index is 0.486. The summed E-state index contributed by atoms with van der Waals surface area (Å²) in [5, 5.41) is 0. The van der Waals surface area contributed by atoms with E-state index in [-0.39, 0.29) is 0 Å². The van der Waals surface area contributed by atoms with Crippen LogP contribution in [-0.4, -0.2) is 12.0 Å². The van der Waals surface area contributed by atoms with Gasteiger partial charge in [-0.15, -0.1) is 0 Å². The van der Waals surface area contributed by atoms with Gasteiger partial charge >= 0.3 is 0 Å². The van der Waals surface area contributed by atoms with Crippen LogP contribution in [0.25, 0.3) is 0 Å². The summed E-state index contributed by atoms with van der Waals surface area (Å²) in [4.78, 5) is 2.75. The Morgan fingerprint density at radius 1 is 1.45 bits per heavy atom. The molecule has 0 aromatic heterocycles. The van der Waals surface area contributed by atoms with Crippen molar-refractivity contribution in [3.8, 4) is 0 Å². The highest BCUT2D eigenvalue weighted by molar-refractivity contribution is 9.09. The molecule has 1 aromatic carbocycles. The summed E-state index contributed by atoms with van der Waals surface area (Å²) in [6, 6.07) is 8.53. The number of hydrogen-bond acceptors (Lipinski definition) is 1. The number of alkyl halides is 1. The third-order valence-corrected chi connectivity index (χ3v) is 3.12. The standard InChI is InChI=1S/C9H10BrN/c1-11-8-5-3-2-4-7(8)6-9(11)10/h2-5,9H,6H2,1H3. The molecule has 1 unspecified atom stereocenters. The molecule has 1 atom stereocenters. The lowest BCUT2D eigenvalue weighted by Gasteiger charge is -2.16. The van der Waals surface area contributed by atoms with Gasteiger partial charge in [-0.25, -0.2) is 0 Å². The minimum Gasteiger partial charge on any atom is -0.361 e. The van der Waals surface area contributed by atoms with E-state index in [0.717, 1.165) is 6.42 Å². The molecule has 0 saturated heterocycles. The third kappa shape index (κ3) is 1.06. The topological polar surface area (TPSA) is 3.24 Å². The number of benzene rings is 1. The molecule has 0 saturated carbocycles. The largest absolute Gasteiger partial charge is 0.361 e. The molecule has 0 spiro atoms. The average molecular weight is 212 g/mol. The molecule has 0 bridgehead atoms. The molecule has 1 aromatic rings. The Kier molecular flexibility index (Phi) is 1.64.